The number of aryl methyl sites for hydroxylation is 6. The third kappa shape index (κ3) is 17.3. The molecule has 0 saturated carbocycles. The van der Waals surface area contributed by atoms with Crippen LogP contribution in [0.1, 0.15) is 220 Å². The van der Waals surface area contributed by atoms with E-state index >= 15 is 0 Å². The van der Waals surface area contributed by atoms with E-state index in [1.54, 1.807) is 15.8 Å². The zero-order chi connectivity index (χ0) is 47.4. The average molecular weight is 984 g/mol. The summed E-state index contributed by atoms with van der Waals surface area (Å²) in [5, 5.41) is 0. The van der Waals surface area contributed by atoms with Crippen LogP contribution in [-0.4, -0.2) is 4.70 Å². The van der Waals surface area contributed by atoms with Crippen molar-refractivity contribution in [2.24, 2.45) is 0 Å². The van der Waals surface area contributed by atoms with E-state index in [2.05, 4.69) is 140 Å². The fourth-order valence-corrected chi connectivity index (χ4v) is 11.8. The Bertz CT molecular complexity index is 1960. The van der Waals surface area contributed by atoms with E-state index in [0.717, 1.165) is 87.2 Å². The van der Waals surface area contributed by atoms with E-state index in [-0.39, 0.29) is 0 Å². The molecule has 0 aromatic heterocycles. The van der Waals surface area contributed by atoms with E-state index in [0.29, 0.717) is 0 Å². The summed E-state index contributed by atoms with van der Waals surface area (Å²) in [5.41, 5.74) is 32.1. The van der Waals surface area contributed by atoms with Crippen molar-refractivity contribution in [3.8, 4) is 0 Å². The predicted octanol–water partition coefficient (Wildman–Crippen LogP) is 19.3. The van der Waals surface area contributed by atoms with Gasteiger partial charge in [-0.2, -0.15) is 0 Å². The maximum atomic E-state index is 12.6. The standard InChI is InChI=1S/C47H74N2.2C8H9.Pd/c1-9-17-21-22-23-24-31-45-42(16-8)46(40-34-38(28-18-10-2)44(30-20-12-4)39(35-40)29-19-11-3)49(48)47(45)41-32-36(25-13-5)43(27-15-7)37(33-41)26-14-6;2*1-2-8-6-4-3-5-7-8;/h32-35H,9-31H2,1-8H3;2*3-7H,1-2H2;. The summed E-state index contributed by atoms with van der Waals surface area (Å²) in [6.45, 7) is 18.5. The van der Waals surface area contributed by atoms with Crippen LogP contribution in [0.15, 0.2) is 96.1 Å². The molecular formula is C63H92N2Pd. The number of nitrogens with zero attached hydrogens (tertiary/aromatic N) is 2. The van der Waals surface area contributed by atoms with Crippen molar-refractivity contribution in [1.29, 1.82) is 0 Å². The first kappa shape index (κ1) is 55.2. The number of benzene rings is 4. The molecule has 0 N–H and O–H groups in total. The van der Waals surface area contributed by atoms with Crippen molar-refractivity contribution >= 4 is 11.4 Å². The average Bonchev–Trinajstić information content (AvgIpc) is 3.62. The van der Waals surface area contributed by atoms with Crippen LogP contribution < -0.4 is 0 Å². The van der Waals surface area contributed by atoms with Crippen molar-refractivity contribution in [2.45, 2.75) is 226 Å². The van der Waals surface area contributed by atoms with Gasteiger partial charge in [0, 0.05) is 22.3 Å². The zero-order valence-electron chi connectivity index (χ0n) is 43.4. The van der Waals surface area contributed by atoms with Crippen LogP contribution in [0.25, 0.3) is 16.9 Å². The molecule has 0 bridgehead atoms. The Kier molecular flexibility index (Phi) is 27.1. The van der Waals surface area contributed by atoms with Gasteiger partial charge in [-0.15, -0.1) is 0 Å². The Morgan fingerprint density at radius 1 is 0.379 bits per heavy atom. The molecule has 364 valence electrons. The van der Waals surface area contributed by atoms with Gasteiger partial charge in [0.05, 0.1) is 0 Å². The molecule has 4 aromatic carbocycles. The molecule has 1 aliphatic heterocycles. The molecule has 0 radical (unpaired) electrons. The summed E-state index contributed by atoms with van der Waals surface area (Å²) in [5.74, 6) is 0. The van der Waals surface area contributed by atoms with Crippen molar-refractivity contribution in [3.63, 3.8) is 0 Å². The monoisotopic (exact) mass is 983 g/mol. The van der Waals surface area contributed by atoms with E-state index in [4.69, 9.17) is 0 Å². The first-order chi connectivity index (χ1) is 32.4. The Labute approximate surface area is 414 Å². The molecule has 5 rings (SSSR count). The normalized spacial score (nSPS) is 12.7. The van der Waals surface area contributed by atoms with Crippen molar-refractivity contribution in [2.75, 3.05) is 0 Å². The van der Waals surface area contributed by atoms with Crippen LogP contribution in [0.5, 0.6) is 0 Å². The Hall–Kier alpha value is -3.38. The topological polar surface area (TPSA) is 25.3 Å². The van der Waals surface area contributed by atoms with E-state index in [1.165, 1.54) is 168 Å². The minimum absolute atomic E-state index is 0.891. The molecule has 0 fully saturated rings. The molecule has 1 heterocycles. The molecule has 4 aromatic rings. The fourth-order valence-electron chi connectivity index (χ4n) is 9.92. The molecule has 0 atom stereocenters. The molecular weight excluding hydrogens is 891 g/mol. The SMILES string of the molecule is CCCCCCCCC1=C(c2cc(CCC)c(CCC)c(CCC)c2)[N+](=[N-])C(c2cc(CCCC)c(CCCC)c(CCCC)c2)=C1CC.c1ccc(C[CH2][Pd][CH2]Cc2ccccc2)cc1. The second-order valence-electron chi connectivity index (χ2n) is 18.9. The maximum absolute atomic E-state index is 12.6. The summed E-state index contributed by atoms with van der Waals surface area (Å²) >= 11 is 0.891. The second-order valence-corrected chi connectivity index (χ2v) is 21.2. The van der Waals surface area contributed by atoms with Crippen molar-refractivity contribution in [3.05, 3.63) is 157 Å². The first-order valence-electron chi connectivity index (χ1n) is 27.2. The number of hydrogen-bond donors (Lipinski definition) is 0. The molecule has 0 spiro atoms. The molecule has 0 saturated heterocycles. The summed E-state index contributed by atoms with van der Waals surface area (Å²) in [4.78, 5) is 2.70. The summed E-state index contributed by atoms with van der Waals surface area (Å²) < 4.78 is 1.67. The Morgan fingerprint density at radius 3 is 1.24 bits per heavy atom. The van der Waals surface area contributed by atoms with Gasteiger partial charge in [0.15, 0.2) is 0 Å². The molecule has 0 aliphatic carbocycles. The van der Waals surface area contributed by atoms with Gasteiger partial charge in [0.1, 0.15) is 0 Å². The Morgan fingerprint density at radius 2 is 0.788 bits per heavy atom. The zero-order valence-corrected chi connectivity index (χ0v) is 44.9. The van der Waals surface area contributed by atoms with E-state index < -0.39 is 0 Å². The molecule has 3 heteroatoms. The van der Waals surface area contributed by atoms with Crippen molar-refractivity contribution < 1.29 is 22.7 Å². The van der Waals surface area contributed by atoms with E-state index in [9.17, 15) is 5.53 Å². The van der Waals surface area contributed by atoms with Gasteiger partial charge in [-0.3, -0.25) is 0 Å². The molecule has 2 nitrogen and oxygen atoms in total. The third-order valence-corrected chi connectivity index (χ3v) is 15.3. The number of rotatable bonds is 31. The molecule has 0 amide bonds. The third-order valence-electron chi connectivity index (χ3n) is 13.5. The van der Waals surface area contributed by atoms with Gasteiger partial charge in [0.2, 0.25) is 11.4 Å². The van der Waals surface area contributed by atoms with Crippen LogP contribution in [0.4, 0.5) is 0 Å². The Balaban J connectivity index is 0.000000465. The molecule has 0 unspecified atom stereocenters. The van der Waals surface area contributed by atoms with Crippen LogP contribution in [0.3, 0.4) is 0 Å². The fraction of sp³-hybridized carbons (Fsp3) is 0.556. The van der Waals surface area contributed by atoms with E-state index in [1.807, 2.05) is 0 Å². The van der Waals surface area contributed by atoms with Crippen molar-refractivity contribution in [1.82, 2.24) is 0 Å². The number of hydrogen-bond acceptors (Lipinski definition) is 0. The van der Waals surface area contributed by atoms with Crippen LogP contribution in [0, 0.1) is 0 Å². The predicted molar refractivity (Wildman–Crippen MR) is 286 cm³/mol. The van der Waals surface area contributed by atoms with Gasteiger partial charge >= 0.3 is 112 Å². The van der Waals surface area contributed by atoms with Gasteiger partial charge in [-0.25, -0.2) is 4.70 Å². The summed E-state index contributed by atoms with van der Waals surface area (Å²) in [6.07, 6.45) is 29.7. The van der Waals surface area contributed by atoms with Gasteiger partial charge < -0.3 is 5.53 Å². The number of allylic oxidation sites excluding steroid dienone is 2. The van der Waals surface area contributed by atoms with Crippen LogP contribution in [-0.2, 0) is 69.3 Å². The summed E-state index contributed by atoms with van der Waals surface area (Å²) in [6, 6.07) is 31.5. The number of unbranched alkanes of at least 4 members (excludes halogenated alkanes) is 8. The van der Waals surface area contributed by atoms with Gasteiger partial charge in [-0.1, -0.05) is 126 Å². The molecule has 1 aliphatic rings. The first-order valence-corrected chi connectivity index (χ1v) is 29.4. The second kappa shape index (κ2) is 32.4. The quantitative estimate of drug-likeness (QED) is 0.0273. The van der Waals surface area contributed by atoms with Gasteiger partial charge in [-0.05, 0) is 135 Å². The minimum atomic E-state index is 0.891. The molecule has 66 heavy (non-hydrogen) atoms. The van der Waals surface area contributed by atoms with Crippen LogP contribution >= 0.6 is 0 Å². The van der Waals surface area contributed by atoms with Crippen LogP contribution in [0.2, 0.25) is 9.79 Å². The summed E-state index contributed by atoms with van der Waals surface area (Å²) in [7, 11) is 0. The van der Waals surface area contributed by atoms with Gasteiger partial charge in [0.25, 0.3) is 0 Å².